The average molecular weight is 343 g/mol. The molecule has 1 aromatic carbocycles. The topological polar surface area (TPSA) is 80.5 Å². The number of fused-ring (bicyclic) bond motifs is 1. The molecule has 0 atom stereocenters. The lowest BCUT2D eigenvalue weighted by Crippen LogP contribution is -2.11. The van der Waals surface area contributed by atoms with Crippen LogP contribution in [0.5, 0.6) is 0 Å². The van der Waals surface area contributed by atoms with Crippen molar-refractivity contribution in [1.29, 1.82) is 0 Å². The Balaban J connectivity index is 2.29. The summed E-state index contributed by atoms with van der Waals surface area (Å²) in [7, 11) is 0.164. The molecule has 2 heterocycles. The Kier molecular flexibility index (Phi) is 4.06. The Morgan fingerprint density at radius 2 is 1.83 bits per heavy atom. The van der Waals surface area contributed by atoms with Crippen molar-refractivity contribution in [3.8, 4) is 11.1 Å². The van der Waals surface area contributed by atoms with Crippen LogP contribution in [0.25, 0.3) is 22.9 Å². The van der Waals surface area contributed by atoms with E-state index >= 15 is 0 Å². The van der Waals surface area contributed by atoms with Gasteiger partial charge >= 0.3 is 0 Å². The minimum atomic E-state index is -3.53. The largest absolute Gasteiger partial charge is 0.383 e. The summed E-state index contributed by atoms with van der Waals surface area (Å²) in [5.41, 5.74) is 2.62. The van der Waals surface area contributed by atoms with Crippen LogP contribution in [0.1, 0.15) is 5.69 Å². The highest BCUT2D eigenvalue weighted by Crippen LogP contribution is 2.25. The van der Waals surface area contributed by atoms with Crippen molar-refractivity contribution < 1.29 is 8.42 Å². The van der Waals surface area contributed by atoms with E-state index in [0.717, 1.165) is 17.4 Å². The van der Waals surface area contributed by atoms with Gasteiger partial charge in [0.2, 0.25) is 5.03 Å². The van der Waals surface area contributed by atoms with E-state index in [1.54, 1.807) is 23.4 Å². The smallest absolute Gasteiger partial charge is 0.203 e. The second-order valence-electron chi connectivity index (χ2n) is 5.60. The van der Waals surface area contributed by atoms with Gasteiger partial charge in [-0.2, -0.15) is 5.10 Å². The zero-order chi connectivity index (χ0) is 17.3. The van der Waals surface area contributed by atoms with Crippen molar-refractivity contribution in [2.24, 2.45) is 0 Å². The first kappa shape index (κ1) is 16.1. The summed E-state index contributed by atoms with van der Waals surface area (Å²) < 4.78 is 25.6. The summed E-state index contributed by atoms with van der Waals surface area (Å²) in [5, 5.41) is 12.3. The number of nitrogens with zero attached hydrogens (tertiary/aromatic N) is 5. The van der Waals surface area contributed by atoms with Gasteiger partial charge in [0, 0.05) is 32.1 Å². The van der Waals surface area contributed by atoms with Crippen molar-refractivity contribution in [2.75, 3.05) is 20.4 Å². The molecule has 3 aromatic rings. The summed E-state index contributed by atoms with van der Waals surface area (Å²) in [4.78, 5) is 1.81. The molecule has 0 saturated heterocycles. The Labute approximate surface area is 140 Å². The molecule has 24 heavy (non-hydrogen) atoms. The predicted octanol–water partition coefficient (Wildman–Crippen LogP) is 1.73. The molecule has 0 radical (unpaired) electrons. The lowest BCUT2D eigenvalue weighted by Gasteiger charge is -2.07. The van der Waals surface area contributed by atoms with E-state index in [4.69, 9.17) is 0 Å². The summed E-state index contributed by atoms with van der Waals surface area (Å²) >= 11 is 0. The molecule has 124 valence electrons. The molecule has 0 aliphatic rings. The van der Waals surface area contributed by atoms with Gasteiger partial charge in [-0.3, -0.25) is 0 Å². The van der Waals surface area contributed by atoms with Gasteiger partial charge < -0.3 is 4.90 Å². The first-order valence-electron chi connectivity index (χ1n) is 7.22. The number of sulfone groups is 1. The number of benzene rings is 1. The maximum Gasteiger partial charge on any atom is 0.203 e. The molecule has 0 unspecified atom stereocenters. The van der Waals surface area contributed by atoms with Crippen LogP contribution in [0.3, 0.4) is 0 Å². The zero-order valence-corrected chi connectivity index (χ0v) is 14.4. The zero-order valence-electron chi connectivity index (χ0n) is 13.6. The second-order valence-corrected chi connectivity index (χ2v) is 7.53. The van der Waals surface area contributed by atoms with E-state index in [1.807, 2.05) is 44.4 Å². The van der Waals surface area contributed by atoms with Gasteiger partial charge in [-0.1, -0.05) is 30.3 Å². The first-order chi connectivity index (χ1) is 11.4. The van der Waals surface area contributed by atoms with E-state index < -0.39 is 9.84 Å². The fourth-order valence-corrected chi connectivity index (χ4v) is 3.02. The minimum absolute atomic E-state index is 0.101. The molecule has 0 amide bonds. The van der Waals surface area contributed by atoms with E-state index in [-0.39, 0.29) is 5.03 Å². The molecular weight excluding hydrogens is 326 g/mol. The van der Waals surface area contributed by atoms with Crippen molar-refractivity contribution in [2.45, 2.75) is 5.03 Å². The van der Waals surface area contributed by atoms with Crippen molar-refractivity contribution in [3.05, 3.63) is 48.4 Å². The number of aromatic nitrogens is 4. The molecule has 0 saturated carbocycles. The Hall–Kier alpha value is -2.74. The highest BCUT2D eigenvalue weighted by atomic mass is 32.2. The molecule has 7 nitrogen and oxygen atoms in total. The molecular formula is C16H17N5O2S. The average Bonchev–Trinajstić information content (AvgIpc) is 2.96. The van der Waals surface area contributed by atoms with E-state index in [0.29, 0.717) is 11.3 Å². The monoisotopic (exact) mass is 343 g/mol. The van der Waals surface area contributed by atoms with Gasteiger partial charge in [0.15, 0.2) is 15.5 Å². The van der Waals surface area contributed by atoms with Crippen LogP contribution in [0.15, 0.2) is 47.8 Å². The summed E-state index contributed by atoms with van der Waals surface area (Å²) in [6, 6.07) is 9.65. The van der Waals surface area contributed by atoms with Gasteiger partial charge in [-0.25, -0.2) is 12.9 Å². The molecule has 0 aliphatic carbocycles. The van der Waals surface area contributed by atoms with E-state index in [2.05, 4.69) is 15.3 Å². The highest BCUT2D eigenvalue weighted by Gasteiger charge is 2.20. The van der Waals surface area contributed by atoms with Crippen LogP contribution < -0.4 is 0 Å². The lowest BCUT2D eigenvalue weighted by atomic mass is 10.1. The fraction of sp³-hybridized carbons (Fsp3) is 0.188. The molecule has 0 N–H and O–H groups in total. The summed E-state index contributed by atoms with van der Waals surface area (Å²) in [6.07, 6.45) is 6.19. The van der Waals surface area contributed by atoms with Crippen molar-refractivity contribution >= 4 is 21.6 Å². The van der Waals surface area contributed by atoms with Gasteiger partial charge in [0.05, 0.1) is 6.20 Å². The Morgan fingerprint density at radius 1 is 1.12 bits per heavy atom. The molecule has 2 aromatic heterocycles. The van der Waals surface area contributed by atoms with Gasteiger partial charge in [-0.15, -0.1) is 10.2 Å². The van der Waals surface area contributed by atoms with E-state index in [1.165, 1.54) is 4.52 Å². The number of hydrogen-bond acceptors (Lipinski definition) is 6. The molecule has 0 aliphatic heterocycles. The third-order valence-corrected chi connectivity index (χ3v) is 4.39. The molecule has 0 bridgehead atoms. The normalized spacial score (nSPS) is 12.1. The third-order valence-electron chi connectivity index (χ3n) is 3.39. The minimum Gasteiger partial charge on any atom is -0.383 e. The van der Waals surface area contributed by atoms with Crippen LogP contribution >= 0.6 is 0 Å². The fourth-order valence-electron chi connectivity index (χ4n) is 2.30. The molecule has 8 heteroatoms. The standard InChI is InChI=1S/C16H17N5O2S/c1-20(2)10-9-14-16(24(3,22)23)19-18-15-13(11-17-21(14)15)12-7-5-4-6-8-12/h4-11H,1-3H3/b10-9+. The maximum absolute atomic E-state index is 12.0. The van der Waals surface area contributed by atoms with Crippen LogP contribution in [-0.4, -0.2) is 53.5 Å². The summed E-state index contributed by atoms with van der Waals surface area (Å²) in [5.74, 6) is 0. The summed E-state index contributed by atoms with van der Waals surface area (Å²) in [6.45, 7) is 0. The lowest BCUT2D eigenvalue weighted by molar-refractivity contribution is 0.566. The molecule has 0 spiro atoms. The first-order valence-corrected chi connectivity index (χ1v) is 9.11. The van der Waals surface area contributed by atoms with E-state index in [9.17, 15) is 8.42 Å². The SMILES string of the molecule is CN(C)/C=C/c1c(S(C)(=O)=O)nnc2c(-c3ccccc3)cnn12. The van der Waals surface area contributed by atoms with Crippen LogP contribution in [0.4, 0.5) is 0 Å². The highest BCUT2D eigenvalue weighted by molar-refractivity contribution is 7.90. The quantitative estimate of drug-likeness (QED) is 0.718. The number of rotatable bonds is 4. The maximum atomic E-state index is 12.0. The van der Waals surface area contributed by atoms with Crippen LogP contribution in [0, 0.1) is 0 Å². The van der Waals surface area contributed by atoms with Crippen LogP contribution in [-0.2, 0) is 9.84 Å². The Morgan fingerprint density at radius 3 is 2.46 bits per heavy atom. The van der Waals surface area contributed by atoms with Crippen molar-refractivity contribution in [1.82, 2.24) is 24.7 Å². The second kappa shape index (κ2) is 6.04. The van der Waals surface area contributed by atoms with Crippen LogP contribution in [0.2, 0.25) is 0 Å². The Bertz CT molecular complexity index is 1010. The third kappa shape index (κ3) is 3.00. The van der Waals surface area contributed by atoms with Gasteiger partial charge in [0.25, 0.3) is 0 Å². The van der Waals surface area contributed by atoms with Crippen molar-refractivity contribution in [3.63, 3.8) is 0 Å². The van der Waals surface area contributed by atoms with Gasteiger partial charge in [0.1, 0.15) is 5.69 Å². The molecule has 3 rings (SSSR count). The predicted molar refractivity (Wildman–Crippen MR) is 92.0 cm³/mol. The number of hydrogen-bond donors (Lipinski definition) is 0. The molecule has 0 fully saturated rings. The van der Waals surface area contributed by atoms with Gasteiger partial charge in [-0.05, 0) is 11.6 Å².